The van der Waals surface area contributed by atoms with Gasteiger partial charge in [-0.25, -0.2) is 0 Å². The molecule has 1 aromatic carbocycles. The van der Waals surface area contributed by atoms with Crippen molar-refractivity contribution in [1.82, 2.24) is 29.9 Å². The number of oxazole rings is 1. The van der Waals surface area contributed by atoms with Gasteiger partial charge in [0.25, 0.3) is 0 Å². The predicted octanol–water partition coefficient (Wildman–Crippen LogP) is 3.26. The van der Waals surface area contributed by atoms with Crippen LogP contribution in [0.1, 0.15) is 17.4 Å². The molecular formula is C22H20AsFN7O2. The summed E-state index contributed by atoms with van der Waals surface area (Å²) >= 11 is 0.0948. The molecule has 167 valence electrons. The Hall–Kier alpha value is -3.52. The van der Waals surface area contributed by atoms with Crippen LogP contribution in [0.5, 0.6) is 0 Å². The summed E-state index contributed by atoms with van der Waals surface area (Å²) in [7, 11) is 0. The number of aromatic amines is 2. The van der Waals surface area contributed by atoms with Gasteiger partial charge in [0, 0.05) is 0 Å². The Balaban J connectivity index is 1.19. The number of hydrogen-bond acceptors (Lipinski definition) is 7. The van der Waals surface area contributed by atoms with Crippen molar-refractivity contribution in [3.8, 4) is 0 Å². The molecule has 0 saturated heterocycles. The van der Waals surface area contributed by atoms with Crippen LogP contribution in [0.3, 0.4) is 0 Å². The third-order valence-electron chi connectivity index (χ3n) is 5.02. The maximum atomic E-state index is 13.8. The molecule has 9 nitrogen and oxygen atoms in total. The standard InChI is InChI=1S/C22H20AsFN7O2/c24-13-4-3-11-25-16(13)12-26-20-19-21(31-22(32)30-20)33-18(29-19)8-10-23-9-7-17-27-14-5-1-2-6-15(14)28-17/h1-6,11H,7-10,12H2,(H,27,28)(H2,26,30,31,32). The first-order valence-corrected chi connectivity index (χ1v) is 13.1. The zero-order valence-corrected chi connectivity index (χ0v) is 19.4. The van der Waals surface area contributed by atoms with E-state index in [2.05, 4.69) is 35.2 Å². The number of imidazole rings is 1. The second kappa shape index (κ2) is 9.54. The number of rotatable bonds is 9. The van der Waals surface area contributed by atoms with Gasteiger partial charge >= 0.3 is 194 Å². The number of aromatic nitrogens is 6. The van der Waals surface area contributed by atoms with E-state index in [0.717, 1.165) is 33.7 Å². The number of anilines is 1. The maximum absolute atomic E-state index is 13.8. The molecule has 0 aliphatic rings. The number of benzene rings is 1. The third-order valence-corrected chi connectivity index (χ3v) is 7.29. The zero-order valence-electron chi connectivity index (χ0n) is 17.5. The van der Waals surface area contributed by atoms with Crippen LogP contribution in [0.15, 0.2) is 51.8 Å². The Morgan fingerprint density at radius 3 is 2.79 bits per heavy atom. The summed E-state index contributed by atoms with van der Waals surface area (Å²) in [5, 5.41) is 5.03. The fourth-order valence-electron chi connectivity index (χ4n) is 3.43. The molecule has 0 fully saturated rings. The molecule has 11 heteroatoms. The van der Waals surface area contributed by atoms with Crippen LogP contribution in [0, 0.1) is 5.82 Å². The van der Waals surface area contributed by atoms with E-state index in [9.17, 15) is 9.18 Å². The Kier molecular flexibility index (Phi) is 6.17. The molecule has 0 amide bonds. The number of H-pyrrole nitrogens is 2. The van der Waals surface area contributed by atoms with E-state index in [-0.39, 0.29) is 33.7 Å². The summed E-state index contributed by atoms with van der Waals surface area (Å²) in [5.74, 6) is 1.45. The summed E-state index contributed by atoms with van der Waals surface area (Å²) in [6, 6.07) is 10.9. The molecule has 0 unspecified atom stereocenters. The van der Waals surface area contributed by atoms with E-state index in [1.54, 1.807) is 0 Å². The van der Waals surface area contributed by atoms with Crippen LogP contribution in [-0.4, -0.2) is 45.7 Å². The monoisotopic (exact) mass is 508 g/mol. The van der Waals surface area contributed by atoms with Crippen LogP contribution in [0.2, 0.25) is 10.4 Å². The predicted molar refractivity (Wildman–Crippen MR) is 123 cm³/mol. The molecule has 5 aromatic rings. The fourth-order valence-corrected chi connectivity index (χ4v) is 5.41. The number of para-hydroxylation sites is 2. The molecule has 0 aliphatic carbocycles. The first-order valence-electron chi connectivity index (χ1n) is 10.5. The van der Waals surface area contributed by atoms with Crippen molar-refractivity contribution in [2.24, 2.45) is 0 Å². The van der Waals surface area contributed by atoms with Gasteiger partial charge in [0.2, 0.25) is 0 Å². The molecule has 4 aromatic heterocycles. The fraction of sp³-hybridized carbons (Fsp3) is 0.227. The Bertz CT molecular complexity index is 1430. The van der Waals surface area contributed by atoms with Crippen molar-refractivity contribution in [2.45, 2.75) is 29.8 Å². The Morgan fingerprint density at radius 1 is 1.03 bits per heavy atom. The minimum absolute atomic E-state index is 0.0936. The number of halogens is 1. The molecular weight excluding hydrogens is 488 g/mol. The summed E-state index contributed by atoms with van der Waals surface area (Å²) < 4.78 is 19.5. The summed E-state index contributed by atoms with van der Waals surface area (Å²) in [6.07, 6.45) is 3.09. The normalized spacial score (nSPS) is 11.8. The molecule has 3 N–H and O–H groups in total. The van der Waals surface area contributed by atoms with Crippen molar-refractivity contribution >= 4 is 43.8 Å². The van der Waals surface area contributed by atoms with E-state index < -0.39 is 11.5 Å². The molecule has 0 saturated carbocycles. The molecule has 1 radical (unpaired) electrons. The van der Waals surface area contributed by atoms with Crippen molar-refractivity contribution in [3.63, 3.8) is 0 Å². The van der Waals surface area contributed by atoms with Crippen molar-refractivity contribution < 1.29 is 8.81 Å². The molecule has 33 heavy (non-hydrogen) atoms. The van der Waals surface area contributed by atoms with E-state index in [1.165, 1.54) is 18.3 Å². The molecule has 0 spiro atoms. The first kappa shape index (κ1) is 21.3. The van der Waals surface area contributed by atoms with Gasteiger partial charge in [0.05, 0.1) is 0 Å². The van der Waals surface area contributed by atoms with Gasteiger partial charge in [-0.2, -0.15) is 0 Å². The van der Waals surface area contributed by atoms with Gasteiger partial charge in [-0.15, -0.1) is 0 Å². The average Bonchev–Trinajstić information content (AvgIpc) is 3.41. The zero-order chi connectivity index (χ0) is 22.6. The van der Waals surface area contributed by atoms with Gasteiger partial charge in [0.1, 0.15) is 0 Å². The third kappa shape index (κ3) is 4.96. The molecule has 0 aliphatic heterocycles. The van der Waals surface area contributed by atoms with Crippen LogP contribution < -0.4 is 11.0 Å². The van der Waals surface area contributed by atoms with E-state index in [1.807, 2.05) is 24.3 Å². The van der Waals surface area contributed by atoms with Crippen LogP contribution >= 0.6 is 0 Å². The second-order valence-electron chi connectivity index (χ2n) is 7.34. The average molecular weight is 508 g/mol. The molecule has 0 bridgehead atoms. The summed E-state index contributed by atoms with van der Waals surface area (Å²) in [6.45, 7) is 0.0936. The number of aryl methyl sites for hydroxylation is 2. The summed E-state index contributed by atoms with van der Waals surface area (Å²) in [4.78, 5) is 34.8. The van der Waals surface area contributed by atoms with E-state index >= 15 is 0 Å². The number of hydrogen-bond donors (Lipinski definition) is 3. The quantitative estimate of drug-likeness (QED) is 0.206. The number of pyridine rings is 1. The van der Waals surface area contributed by atoms with Gasteiger partial charge in [-0.3, -0.25) is 0 Å². The first-order chi connectivity index (χ1) is 16.2. The second-order valence-corrected chi connectivity index (χ2v) is 10.2. The van der Waals surface area contributed by atoms with Crippen LogP contribution in [0.4, 0.5) is 10.2 Å². The Morgan fingerprint density at radius 2 is 1.91 bits per heavy atom. The van der Waals surface area contributed by atoms with Gasteiger partial charge in [-0.1, -0.05) is 0 Å². The van der Waals surface area contributed by atoms with Crippen molar-refractivity contribution in [2.75, 3.05) is 5.32 Å². The van der Waals surface area contributed by atoms with Gasteiger partial charge in [0.15, 0.2) is 0 Å². The van der Waals surface area contributed by atoms with Gasteiger partial charge < -0.3 is 0 Å². The molecule has 4 heterocycles. The van der Waals surface area contributed by atoms with Crippen molar-refractivity contribution in [3.05, 3.63) is 76.3 Å². The van der Waals surface area contributed by atoms with E-state index in [4.69, 9.17) is 4.42 Å². The van der Waals surface area contributed by atoms with Crippen LogP contribution in [-0.2, 0) is 19.4 Å². The van der Waals surface area contributed by atoms with Gasteiger partial charge in [-0.05, 0) is 0 Å². The topological polar surface area (TPSA) is 125 Å². The number of nitrogens with one attached hydrogen (secondary N) is 3. The SMILES string of the molecule is O=c1nc2oc(CC[As]CCc3nc4ccccc4[nH]3)nc2c(NCc2ncccc2F)[nH]1. The van der Waals surface area contributed by atoms with Crippen molar-refractivity contribution in [1.29, 1.82) is 0 Å². The van der Waals surface area contributed by atoms with Crippen LogP contribution in [0.25, 0.3) is 22.3 Å². The van der Waals surface area contributed by atoms with E-state index in [0.29, 0.717) is 23.6 Å². The number of fused-ring (bicyclic) bond motifs is 2. The molecule has 5 rings (SSSR count). The summed E-state index contributed by atoms with van der Waals surface area (Å²) in [5.41, 5.74) is 2.31. The number of nitrogens with zero attached hydrogens (tertiary/aromatic N) is 4. The minimum atomic E-state index is -0.564. The Labute approximate surface area is 194 Å². The molecule has 0 atom stereocenters.